The van der Waals surface area contributed by atoms with Gasteiger partial charge in [-0.1, -0.05) is 287 Å². The van der Waals surface area contributed by atoms with Gasteiger partial charge in [0.1, 0.15) is 13.2 Å². The van der Waals surface area contributed by atoms with E-state index >= 15 is 0 Å². The predicted molar refractivity (Wildman–Crippen MR) is 302 cm³/mol. The van der Waals surface area contributed by atoms with Crippen molar-refractivity contribution in [1.29, 1.82) is 0 Å². The molecule has 0 rings (SSSR count). The molecule has 6 heteroatoms. The van der Waals surface area contributed by atoms with Crippen LogP contribution in [0, 0.1) is 0 Å². The Morgan fingerprint density at radius 2 is 0.557 bits per heavy atom. The molecule has 0 amide bonds. The lowest BCUT2D eigenvalue weighted by Crippen LogP contribution is -2.30. The Kier molecular flexibility index (Phi) is 56.3. The third-order valence-corrected chi connectivity index (χ3v) is 13.3. The SMILES string of the molecule is CC/C=C\C/C=C\C/C=C\C/C=C\C/C=C\CCCCCCCCCCCCCCCC(=O)OCC(COC(=O)CCCCCCC)OC(=O)CCCCCCCCCCCCCCCCCCCC. The van der Waals surface area contributed by atoms with Gasteiger partial charge in [0, 0.05) is 19.3 Å². The molecule has 0 radical (unpaired) electrons. The predicted octanol–water partition coefficient (Wildman–Crippen LogP) is 20.4. The van der Waals surface area contributed by atoms with Crippen LogP contribution in [0.15, 0.2) is 60.8 Å². The summed E-state index contributed by atoms with van der Waals surface area (Å²) < 4.78 is 16.8. The molecule has 0 bridgehead atoms. The van der Waals surface area contributed by atoms with Gasteiger partial charge in [0.25, 0.3) is 0 Å². The highest BCUT2D eigenvalue weighted by molar-refractivity contribution is 5.71. The number of hydrogen-bond donors (Lipinski definition) is 0. The van der Waals surface area contributed by atoms with Gasteiger partial charge < -0.3 is 14.2 Å². The van der Waals surface area contributed by atoms with Gasteiger partial charge in [-0.25, -0.2) is 0 Å². The van der Waals surface area contributed by atoms with Crippen LogP contribution in [0.1, 0.15) is 310 Å². The highest BCUT2D eigenvalue weighted by Crippen LogP contribution is 2.17. The van der Waals surface area contributed by atoms with Crippen LogP contribution >= 0.6 is 0 Å². The maximum Gasteiger partial charge on any atom is 0.306 e. The van der Waals surface area contributed by atoms with Crippen molar-refractivity contribution in [2.24, 2.45) is 0 Å². The molecule has 0 aromatic rings. The van der Waals surface area contributed by atoms with Crippen molar-refractivity contribution in [3.8, 4) is 0 Å². The first-order valence-electron chi connectivity index (χ1n) is 30.3. The summed E-state index contributed by atoms with van der Waals surface area (Å²) in [5.41, 5.74) is 0. The third kappa shape index (κ3) is 56.0. The third-order valence-electron chi connectivity index (χ3n) is 13.3. The second-order valence-electron chi connectivity index (χ2n) is 20.2. The minimum atomic E-state index is -0.767. The van der Waals surface area contributed by atoms with E-state index in [0.717, 1.165) is 96.3 Å². The molecular weight excluding hydrogens is 865 g/mol. The molecule has 0 aliphatic heterocycles. The van der Waals surface area contributed by atoms with Crippen LogP contribution in [0.5, 0.6) is 0 Å². The topological polar surface area (TPSA) is 78.9 Å². The Morgan fingerprint density at radius 1 is 0.300 bits per heavy atom. The first-order chi connectivity index (χ1) is 34.5. The number of ether oxygens (including phenoxy) is 3. The number of allylic oxidation sites excluding steroid dienone is 10. The van der Waals surface area contributed by atoms with Crippen molar-refractivity contribution in [2.45, 2.75) is 316 Å². The molecule has 406 valence electrons. The van der Waals surface area contributed by atoms with Crippen molar-refractivity contribution >= 4 is 17.9 Å². The average Bonchev–Trinajstić information content (AvgIpc) is 3.36. The Balaban J connectivity index is 4.01. The number of carbonyl (C=O) groups is 3. The molecule has 0 N–H and O–H groups in total. The first-order valence-corrected chi connectivity index (χ1v) is 30.3. The maximum absolute atomic E-state index is 12.8. The van der Waals surface area contributed by atoms with Gasteiger partial charge in [-0.15, -0.1) is 0 Å². The highest BCUT2D eigenvalue weighted by atomic mass is 16.6. The average molecular weight is 980 g/mol. The van der Waals surface area contributed by atoms with E-state index in [0.29, 0.717) is 19.3 Å². The first kappa shape index (κ1) is 67.1. The van der Waals surface area contributed by atoms with E-state index in [-0.39, 0.29) is 31.1 Å². The summed E-state index contributed by atoms with van der Waals surface area (Å²) in [6.45, 7) is 6.48. The summed E-state index contributed by atoms with van der Waals surface area (Å²) >= 11 is 0. The monoisotopic (exact) mass is 979 g/mol. The number of hydrogen-bond acceptors (Lipinski definition) is 6. The molecule has 0 spiro atoms. The van der Waals surface area contributed by atoms with Gasteiger partial charge in [-0.2, -0.15) is 0 Å². The standard InChI is InChI=1S/C64H114O6/c1-4-7-10-13-15-17-19-21-23-25-27-28-29-30-31-32-33-34-35-36-37-39-40-42-44-46-48-51-54-57-63(66)69-60-61(59-68-62(65)56-53-50-12-9-6-3)70-64(67)58-55-52-49-47-45-43-41-38-26-24-22-20-18-16-14-11-8-5-2/h7,10,15,17,21,23,27-28,30-31,61H,4-6,8-9,11-14,16,18-20,22,24-26,29,32-60H2,1-3H3/b10-7-,17-15-,23-21-,28-27-,31-30-. The molecular formula is C64H114O6. The Bertz CT molecular complexity index is 1260. The molecule has 0 aliphatic rings. The van der Waals surface area contributed by atoms with Crippen LogP contribution < -0.4 is 0 Å². The van der Waals surface area contributed by atoms with Crippen molar-refractivity contribution in [3.63, 3.8) is 0 Å². The van der Waals surface area contributed by atoms with Gasteiger partial charge in [-0.3, -0.25) is 14.4 Å². The summed E-state index contributed by atoms with van der Waals surface area (Å²) in [6.07, 6.45) is 74.1. The van der Waals surface area contributed by atoms with Crippen molar-refractivity contribution in [1.82, 2.24) is 0 Å². The molecule has 0 fully saturated rings. The minimum absolute atomic E-state index is 0.0709. The highest BCUT2D eigenvalue weighted by Gasteiger charge is 2.19. The molecule has 1 unspecified atom stereocenters. The zero-order chi connectivity index (χ0) is 50.7. The molecule has 70 heavy (non-hydrogen) atoms. The molecule has 1 atom stereocenters. The van der Waals surface area contributed by atoms with Crippen LogP contribution in [-0.4, -0.2) is 37.2 Å². The minimum Gasteiger partial charge on any atom is -0.462 e. The molecule has 0 heterocycles. The lowest BCUT2D eigenvalue weighted by Gasteiger charge is -2.18. The zero-order valence-electron chi connectivity index (χ0n) is 46.5. The van der Waals surface area contributed by atoms with Crippen LogP contribution in [0.2, 0.25) is 0 Å². The van der Waals surface area contributed by atoms with E-state index < -0.39 is 6.10 Å². The fourth-order valence-corrected chi connectivity index (χ4v) is 8.77. The van der Waals surface area contributed by atoms with E-state index in [1.54, 1.807) is 0 Å². The van der Waals surface area contributed by atoms with Gasteiger partial charge in [-0.05, 0) is 64.2 Å². The van der Waals surface area contributed by atoms with Crippen molar-refractivity contribution < 1.29 is 28.6 Å². The maximum atomic E-state index is 12.8. The lowest BCUT2D eigenvalue weighted by molar-refractivity contribution is -0.167. The van der Waals surface area contributed by atoms with E-state index in [1.165, 1.54) is 173 Å². The number of carbonyl (C=O) groups excluding carboxylic acids is 3. The van der Waals surface area contributed by atoms with Crippen LogP contribution in [0.4, 0.5) is 0 Å². The largest absolute Gasteiger partial charge is 0.462 e. The molecule has 6 nitrogen and oxygen atoms in total. The molecule has 0 saturated carbocycles. The van der Waals surface area contributed by atoms with Crippen molar-refractivity contribution in [3.05, 3.63) is 60.8 Å². The van der Waals surface area contributed by atoms with Crippen LogP contribution in [0.25, 0.3) is 0 Å². The van der Waals surface area contributed by atoms with Gasteiger partial charge >= 0.3 is 17.9 Å². The Labute approximate surface area is 434 Å². The normalized spacial score (nSPS) is 12.4. The molecule has 0 aromatic heterocycles. The van der Waals surface area contributed by atoms with Gasteiger partial charge in [0.15, 0.2) is 6.10 Å². The number of rotatable bonds is 55. The molecule has 0 aromatic carbocycles. The number of unbranched alkanes of at least 4 members (excludes halogenated alkanes) is 34. The number of esters is 3. The van der Waals surface area contributed by atoms with Gasteiger partial charge in [0.05, 0.1) is 0 Å². The summed E-state index contributed by atoms with van der Waals surface area (Å²) in [5.74, 6) is -0.871. The smallest absolute Gasteiger partial charge is 0.306 e. The van der Waals surface area contributed by atoms with E-state index in [9.17, 15) is 14.4 Å². The van der Waals surface area contributed by atoms with Crippen LogP contribution in [-0.2, 0) is 28.6 Å². The van der Waals surface area contributed by atoms with E-state index in [1.807, 2.05) is 0 Å². The molecule has 0 aliphatic carbocycles. The zero-order valence-corrected chi connectivity index (χ0v) is 46.5. The lowest BCUT2D eigenvalue weighted by atomic mass is 10.0. The van der Waals surface area contributed by atoms with E-state index in [4.69, 9.17) is 14.2 Å². The molecule has 0 saturated heterocycles. The van der Waals surface area contributed by atoms with Crippen LogP contribution in [0.3, 0.4) is 0 Å². The quantitative estimate of drug-likeness (QED) is 0.0261. The second kappa shape index (κ2) is 58.7. The Morgan fingerprint density at radius 3 is 0.871 bits per heavy atom. The fourth-order valence-electron chi connectivity index (χ4n) is 8.77. The van der Waals surface area contributed by atoms with Crippen molar-refractivity contribution in [2.75, 3.05) is 13.2 Å². The summed E-state index contributed by atoms with van der Waals surface area (Å²) in [5, 5.41) is 0. The summed E-state index contributed by atoms with van der Waals surface area (Å²) in [6, 6.07) is 0. The summed E-state index contributed by atoms with van der Waals surface area (Å²) in [4.78, 5) is 37.8. The fraction of sp³-hybridized carbons (Fsp3) is 0.797. The summed E-state index contributed by atoms with van der Waals surface area (Å²) in [7, 11) is 0. The second-order valence-corrected chi connectivity index (χ2v) is 20.2. The Hall–Kier alpha value is -2.89. The van der Waals surface area contributed by atoms with E-state index in [2.05, 4.69) is 81.5 Å². The van der Waals surface area contributed by atoms with Gasteiger partial charge in [0.2, 0.25) is 0 Å².